The molecule has 0 saturated carbocycles. The molecule has 0 atom stereocenters. The van der Waals surface area contributed by atoms with Gasteiger partial charge in [0.1, 0.15) is 24.3 Å². The number of fused-ring (bicyclic) bond motifs is 1. The summed E-state index contributed by atoms with van der Waals surface area (Å²) in [7, 11) is -5.50. The van der Waals surface area contributed by atoms with Crippen molar-refractivity contribution in [3.63, 3.8) is 0 Å². The van der Waals surface area contributed by atoms with Crippen LogP contribution < -0.4 is 9.46 Å². The van der Waals surface area contributed by atoms with Gasteiger partial charge in [0.15, 0.2) is 0 Å². The van der Waals surface area contributed by atoms with Crippen LogP contribution >= 0.6 is 0 Å². The SMILES string of the molecule is O=S(=O)(Nc1ccc2c(OCc3coc(-c4ccccc4)n3)cccc2c1)C(F)(F)F. The first-order valence-corrected chi connectivity index (χ1v) is 10.5. The third-order valence-electron chi connectivity index (χ3n) is 4.35. The first-order valence-electron chi connectivity index (χ1n) is 8.97. The molecular weight excluding hydrogens is 433 g/mol. The van der Waals surface area contributed by atoms with Crippen molar-refractivity contribution in [1.29, 1.82) is 0 Å². The highest BCUT2D eigenvalue weighted by molar-refractivity contribution is 7.93. The van der Waals surface area contributed by atoms with E-state index in [4.69, 9.17) is 9.15 Å². The number of oxazole rings is 1. The van der Waals surface area contributed by atoms with Crippen molar-refractivity contribution in [2.75, 3.05) is 4.72 Å². The first-order chi connectivity index (χ1) is 14.7. The lowest BCUT2D eigenvalue weighted by atomic mass is 10.1. The molecule has 4 rings (SSSR count). The Bertz CT molecular complexity index is 1320. The molecule has 10 heteroatoms. The summed E-state index contributed by atoms with van der Waals surface area (Å²) in [6.07, 6.45) is 1.48. The van der Waals surface area contributed by atoms with Crippen LogP contribution in [0.25, 0.3) is 22.2 Å². The van der Waals surface area contributed by atoms with Crippen LogP contribution in [0.2, 0.25) is 0 Å². The van der Waals surface area contributed by atoms with Gasteiger partial charge in [-0.3, -0.25) is 4.72 Å². The molecule has 0 spiro atoms. The number of benzene rings is 3. The van der Waals surface area contributed by atoms with Crippen molar-refractivity contribution in [3.05, 3.63) is 78.7 Å². The van der Waals surface area contributed by atoms with E-state index >= 15 is 0 Å². The third-order valence-corrected chi connectivity index (χ3v) is 5.46. The van der Waals surface area contributed by atoms with Crippen molar-refractivity contribution >= 4 is 26.5 Å². The molecule has 0 bridgehead atoms. The standard InChI is InChI=1S/C21H15F3N2O4S/c22-21(23,24)31(27,28)26-16-9-10-18-15(11-16)7-4-8-19(18)29-12-17-13-30-20(25-17)14-5-2-1-3-6-14/h1-11,13,26H,12H2. The van der Waals surface area contributed by atoms with Crippen molar-refractivity contribution in [3.8, 4) is 17.2 Å². The Hall–Kier alpha value is -3.53. The number of ether oxygens (including phenoxy) is 1. The Morgan fingerprint density at radius 1 is 1.00 bits per heavy atom. The second kappa shape index (κ2) is 7.95. The molecule has 160 valence electrons. The second-order valence-corrected chi connectivity index (χ2v) is 8.22. The number of hydrogen-bond acceptors (Lipinski definition) is 5. The van der Waals surface area contributed by atoms with Crippen molar-refractivity contribution < 1.29 is 30.7 Å². The summed E-state index contributed by atoms with van der Waals surface area (Å²) in [6, 6.07) is 18.4. The van der Waals surface area contributed by atoms with Gasteiger partial charge in [0.05, 0.1) is 0 Å². The molecule has 0 saturated heterocycles. The Labute approximate surface area is 175 Å². The minimum Gasteiger partial charge on any atom is -0.487 e. The smallest absolute Gasteiger partial charge is 0.487 e. The van der Waals surface area contributed by atoms with Gasteiger partial charge in [-0.05, 0) is 41.8 Å². The lowest BCUT2D eigenvalue weighted by Gasteiger charge is -2.12. The molecule has 1 N–H and O–H groups in total. The summed E-state index contributed by atoms with van der Waals surface area (Å²) in [5, 5.41) is 1.11. The zero-order valence-electron chi connectivity index (χ0n) is 15.8. The van der Waals surface area contributed by atoms with Crippen LogP contribution in [0.4, 0.5) is 18.9 Å². The topological polar surface area (TPSA) is 81.4 Å². The number of anilines is 1. The van der Waals surface area contributed by atoms with E-state index in [1.807, 2.05) is 30.3 Å². The van der Waals surface area contributed by atoms with Crippen molar-refractivity contribution in [2.45, 2.75) is 12.1 Å². The zero-order valence-corrected chi connectivity index (χ0v) is 16.6. The van der Waals surface area contributed by atoms with Crippen LogP contribution in [0.3, 0.4) is 0 Å². The maximum absolute atomic E-state index is 12.6. The summed E-state index contributed by atoms with van der Waals surface area (Å²) >= 11 is 0. The predicted molar refractivity (Wildman–Crippen MR) is 109 cm³/mol. The average molecular weight is 448 g/mol. The fourth-order valence-corrected chi connectivity index (χ4v) is 3.45. The van der Waals surface area contributed by atoms with E-state index in [1.165, 1.54) is 29.2 Å². The molecule has 4 aromatic rings. The van der Waals surface area contributed by atoms with Crippen LogP contribution in [0.5, 0.6) is 5.75 Å². The van der Waals surface area contributed by atoms with Crippen molar-refractivity contribution in [1.82, 2.24) is 4.98 Å². The van der Waals surface area contributed by atoms with Crippen LogP contribution in [-0.4, -0.2) is 18.9 Å². The number of nitrogens with one attached hydrogen (secondary N) is 1. The first kappa shape index (κ1) is 20.7. The highest BCUT2D eigenvalue weighted by atomic mass is 32.2. The van der Waals surface area contributed by atoms with Gasteiger partial charge in [-0.1, -0.05) is 30.3 Å². The molecule has 1 heterocycles. The number of halogens is 3. The predicted octanol–water partition coefficient (Wildman–Crippen LogP) is 5.34. The molecular formula is C21H15F3N2O4S. The van der Waals surface area contributed by atoms with Gasteiger partial charge in [0.2, 0.25) is 5.89 Å². The van der Waals surface area contributed by atoms with Gasteiger partial charge in [-0.15, -0.1) is 0 Å². The highest BCUT2D eigenvalue weighted by Gasteiger charge is 2.46. The normalized spacial score (nSPS) is 12.1. The molecule has 0 aliphatic carbocycles. The van der Waals surface area contributed by atoms with Gasteiger partial charge in [0, 0.05) is 16.6 Å². The summed E-state index contributed by atoms with van der Waals surface area (Å²) in [5.41, 5.74) is -4.22. The van der Waals surface area contributed by atoms with E-state index in [0.717, 1.165) is 5.56 Å². The molecule has 3 aromatic carbocycles. The summed E-state index contributed by atoms with van der Waals surface area (Å²) < 4.78 is 73.2. The number of sulfonamides is 1. The lowest BCUT2D eigenvalue weighted by Crippen LogP contribution is -2.29. The third kappa shape index (κ3) is 4.48. The van der Waals surface area contributed by atoms with Crippen LogP contribution in [0.15, 0.2) is 77.4 Å². The van der Waals surface area contributed by atoms with Crippen molar-refractivity contribution in [2.24, 2.45) is 0 Å². The zero-order chi connectivity index (χ0) is 22.1. The van der Waals surface area contributed by atoms with Gasteiger partial charge >= 0.3 is 15.5 Å². The Morgan fingerprint density at radius 3 is 2.52 bits per heavy atom. The molecule has 0 radical (unpaired) electrons. The van der Waals surface area contributed by atoms with Gasteiger partial charge in [-0.2, -0.15) is 21.6 Å². The minimum absolute atomic E-state index is 0.109. The quantitative estimate of drug-likeness (QED) is 0.431. The number of alkyl halides is 3. The average Bonchev–Trinajstić information content (AvgIpc) is 3.20. The molecule has 1 aromatic heterocycles. The van der Waals surface area contributed by atoms with E-state index in [9.17, 15) is 21.6 Å². The number of nitrogens with zero attached hydrogens (tertiary/aromatic N) is 1. The maximum atomic E-state index is 12.6. The molecule has 0 aliphatic heterocycles. The number of rotatable bonds is 6. The molecule has 31 heavy (non-hydrogen) atoms. The monoisotopic (exact) mass is 448 g/mol. The van der Waals surface area contributed by atoms with E-state index in [2.05, 4.69) is 4.98 Å². The fraction of sp³-hybridized carbons (Fsp3) is 0.0952. The van der Waals surface area contributed by atoms with E-state index in [1.54, 1.807) is 18.2 Å². The summed E-state index contributed by atoms with van der Waals surface area (Å²) in [5.74, 6) is 0.922. The number of hydrogen-bond donors (Lipinski definition) is 1. The molecule has 0 fully saturated rings. The molecule has 0 unspecified atom stereocenters. The Morgan fingerprint density at radius 2 is 1.77 bits per heavy atom. The van der Waals surface area contributed by atoms with Gasteiger partial charge in [0.25, 0.3) is 0 Å². The molecule has 0 amide bonds. The van der Waals surface area contributed by atoms with Gasteiger partial charge in [-0.25, -0.2) is 4.98 Å². The second-order valence-electron chi connectivity index (χ2n) is 6.54. The van der Waals surface area contributed by atoms with E-state index in [-0.39, 0.29) is 12.3 Å². The van der Waals surface area contributed by atoms with E-state index in [0.29, 0.717) is 28.1 Å². The number of aromatic nitrogens is 1. The molecule has 6 nitrogen and oxygen atoms in total. The van der Waals surface area contributed by atoms with Gasteiger partial charge < -0.3 is 9.15 Å². The summed E-state index contributed by atoms with van der Waals surface area (Å²) in [4.78, 5) is 4.38. The van der Waals surface area contributed by atoms with Crippen LogP contribution in [0.1, 0.15) is 5.69 Å². The van der Waals surface area contributed by atoms with E-state index < -0.39 is 15.5 Å². The summed E-state index contributed by atoms with van der Waals surface area (Å²) in [6.45, 7) is 0.109. The Balaban J connectivity index is 1.52. The largest absolute Gasteiger partial charge is 0.516 e. The Kier molecular flexibility index (Phi) is 5.32. The highest BCUT2D eigenvalue weighted by Crippen LogP contribution is 2.31. The fourth-order valence-electron chi connectivity index (χ4n) is 2.89. The van der Waals surface area contributed by atoms with Crippen LogP contribution in [0, 0.1) is 0 Å². The minimum atomic E-state index is -5.50. The maximum Gasteiger partial charge on any atom is 0.516 e. The molecule has 0 aliphatic rings. The van der Waals surface area contributed by atoms with Crippen LogP contribution in [-0.2, 0) is 16.6 Å². The lowest BCUT2D eigenvalue weighted by molar-refractivity contribution is -0.0429.